The minimum Gasteiger partial charge on any atom is -0.465 e. The second-order valence-corrected chi connectivity index (χ2v) is 5.54. The summed E-state index contributed by atoms with van der Waals surface area (Å²) < 4.78 is 2.03. The Morgan fingerprint density at radius 2 is 2.26 bits per heavy atom. The molecule has 2 N–H and O–H groups in total. The lowest BCUT2D eigenvalue weighted by Crippen LogP contribution is -2.41. The van der Waals surface area contributed by atoms with Gasteiger partial charge in [-0.2, -0.15) is 0 Å². The van der Waals surface area contributed by atoms with Gasteiger partial charge >= 0.3 is 6.09 Å². The van der Waals surface area contributed by atoms with E-state index in [1.165, 1.54) is 5.56 Å². The minimum atomic E-state index is -1.03. The number of rotatable bonds is 2. The van der Waals surface area contributed by atoms with Crippen molar-refractivity contribution in [2.24, 2.45) is 0 Å². The fourth-order valence-electron chi connectivity index (χ4n) is 2.88. The van der Waals surface area contributed by atoms with E-state index in [2.05, 4.69) is 16.4 Å². The average molecular weight is 259 g/mol. The van der Waals surface area contributed by atoms with Crippen LogP contribution in [0.1, 0.15) is 37.4 Å². The molecular weight excluding hydrogens is 242 g/mol. The van der Waals surface area contributed by atoms with E-state index in [9.17, 15) is 4.79 Å². The monoisotopic (exact) mass is 259 g/mol. The highest BCUT2D eigenvalue weighted by Crippen LogP contribution is 2.29. The molecule has 1 aliphatic rings. The molecule has 0 saturated carbocycles. The van der Waals surface area contributed by atoms with Gasteiger partial charge in [0.25, 0.3) is 0 Å². The molecule has 0 atom stereocenters. The molecular formula is C14H17N3O2. The average Bonchev–Trinajstić information content (AvgIpc) is 2.70. The summed E-state index contributed by atoms with van der Waals surface area (Å²) in [6.07, 6.45) is 4.06. The molecule has 100 valence electrons. The zero-order valence-electron chi connectivity index (χ0n) is 11.1. The van der Waals surface area contributed by atoms with Gasteiger partial charge in [0.15, 0.2) is 0 Å². The Bertz CT molecular complexity index is 658. The summed E-state index contributed by atoms with van der Waals surface area (Å²) in [5.74, 6) is 0.753. The summed E-state index contributed by atoms with van der Waals surface area (Å²) in [7, 11) is 0. The molecule has 2 aromatic heterocycles. The van der Waals surface area contributed by atoms with Gasteiger partial charge in [-0.25, -0.2) is 9.78 Å². The Hall–Kier alpha value is -2.04. The lowest BCUT2D eigenvalue weighted by molar-refractivity contribution is 0.181. The van der Waals surface area contributed by atoms with Crippen LogP contribution in [-0.4, -0.2) is 20.6 Å². The molecule has 1 amide bonds. The zero-order chi connectivity index (χ0) is 13.6. The Balaban J connectivity index is 2.21. The van der Waals surface area contributed by atoms with Crippen LogP contribution in [0, 0.1) is 0 Å². The summed E-state index contributed by atoms with van der Waals surface area (Å²) in [6, 6.07) is 4.13. The third-order valence-electron chi connectivity index (χ3n) is 3.66. The van der Waals surface area contributed by atoms with Crippen molar-refractivity contribution in [1.82, 2.24) is 14.7 Å². The molecule has 0 fully saturated rings. The molecule has 0 saturated heterocycles. The lowest BCUT2D eigenvalue weighted by atomic mass is 9.99. The summed E-state index contributed by atoms with van der Waals surface area (Å²) >= 11 is 0. The van der Waals surface area contributed by atoms with Crippen molar-refractivity contribution in [2.45, 2.75) is 38.6 Å². The van der Waals surface area contributed by atoms with E-state index < -0.39 is 11.6 Å². The number of nitrogens with zero attached hydrogens (tertiary/aromatic N) is 2. The van der Waals surface area contributed by atoms with E-state index in [-0.39, 0.29) is 0 Å². The van der Waals surface area contributed by atoms with Crippen LogP contribution in [0.3, 0.4) is 0 Å². The number of carbonyl (C=O) groups is 1. The topological polar surface area (TPSA) is 66.6 Å². The van der Waals surface area contributed by atoms with Crippen molar-refractivity contribution in [1.29, 1.82) is 0 Å². The van der Waals surface area contributed by atoms with Crippen molar-refractivity contribution in [3.05, 3.63) is 35.4 Å². The summed E-state index contributed by atoms with van der Waals surface area (Å²) in [5.41, 5.74) is 2.82. The van der Waals surface area contributed by atoms with E-state index in [0.717, 1.165) is 36.3 Å². The van der Waals surface area contributed by atoms with E-state index >= 15 is 0 Å². The Kier molecular flexibility index (Phi) is 2.52. The molecule has 5 nitrogen and oxygen atoms in total. The van der Waals surface area contributed by atoms with Crippen molar-refractivity contribution in [2.75, 3.05) is 0 Å². The fraction of sp³-hybridized carbons (Fsp3) is 0.429. The Labute approximate surface area is 111 Å². The van der Waals surface area contributed by atoms with Gasteiger partial charge in [0.2, 0.25) is 0 Å². The third kappa shape index (κ3) is 1.85. The highest BCUT2D eigenvalue weighted by atomic mass is 16.4. The molecule has 0 spiro atoms. The first kappa shape index (κ1) is 12.0. The first-order valence-corrected chi connectivity index (χ1v) is 6.49. The van der Waals surface area contributed by atoms with Gasteiger partial charge in [0, 0.05) is 6.20 Å². The lowest BCUT2D eigenvalue weighted by Gasteiger charge is -2.23. The normalized spacial score (nSPS) is 14.6. The van der Waals surface area contributed by atoms with Crippen LogP contribution in [0.25, 0.3) is 5.52 Å². The quantitative estimate of drug-likeness (QED) is 0.869. The van der Waals surface area contributed by atoms with Crippen LogP contribution in [0.4, 0.5) is 4.79 Å². The summed E-state index contributed by atoms with van der Waals surface area (Å²) in [4.78, 5) is 15.6. The van der Waals surface area contributed by atoms with Crippen LogP contribution in [0.5, 0.6) is 0 Å². The van der Waals surface area contributed by atoms with Gasteiger partial charge in [-0.3, -0.25) is 0 Å². The number of hydrogen-bond acceptors (Lipinski definition) is 2. The van der Waals surface area contributed by atoms with Crippen LogP contribution >= 0.6 is 0 Å². The number of aromatic nitrogens is 2. The minimum absolute atomic E-state index is 0.712. The molecule has 2 aromatic rings. The van der Waals surface area contributed by atoms with E-state index in [1.54, 1.807) is 0 Å². The van der Waals surface area contributed by atoms with Crippen LogP contribution in [0.2, 0.25) is 0 Å². The predicted octanol–water partition coefficient (Wildman–Crippen LogP) is 2.33. The van der Waals surface area contributed by atoms with Crippen LogP contribution in [0.15, 0.2) is 18.3 Å². The number of pyridine rings is 1. The van der Waals surface area contributed by atoms with E-state index in [0.29, 0.717) is 0 Å². The molecule has 1 aliphatic carbocycles. The van der Waals surface area contributed by atoms with E-state index in [4.69, 9.17) is 5.11 Å². The summed E-state index contributed by atoms with van der Waals surface area (Å²) in [5, 5.41) is 11.5. The third-order valence-corrected chi connectivity index (χ3v) is 3.66. The van der Waals surface area contributed by atoms with Crippen molar-refractivity contribution in [3.63, 3.8) is 0 Å². The number of aryl methyl sites for hydroxylation is 2. The summed E-state index contributed by atoms with van der Waals surface area (Å²) in [6.45, 7) is 3.68. The van der Waals surface area contributed by atoms with Gasteiger partial charge in [0.1, 0.15) is 5.82 Å². The van der Waals surface area contributed by atoms with Crippen molar-refractivity contribution < 1.29 is 9.90 Å². The van der Waals surface area contributed by atoms with Gasteiger partial charge in [0.05, 0.1) is 16.7 Å². The van der Waals surface area contributed by atoms with Crippen LogP contribution in [-0.2, 0) is 18.4 Å². The predicted molar refractivity (Wildman–Crippen MR) is 71.4 cm³/mol. The standard InChI is InChI=1S/C14H17N3O2/c1-14(2,16-13(18)19)12-15-10-7-3-5-9-6-4-8-17(12)11(9)10/h4,6,8,16H,3,5,7H2,1-2H3,(H,18,19). The maximum Gasteiger partial charge on any atom is 0.405 e. The van der Waals surface area contributed by atoms with Gasteiger partial charge in [-0.15, -0.1) is 0 Å². The number of nitrogens with one attached hydrogen (secondary N) is 1. The SMILES string of the molecule is CC(C)(NC(=O)O)c1nc2c3c(cccn13)CCC2. The van der Waals surface area contributed by atoms with Crippen LogP contribution < -0.4 is 5.32 Å². The molecule has 0 unspecified atom stereocenters. The van der Waals surface area contributed by atoms with Gasteiger partial charge < -0.3 is 14.8 Å². The maximum absolute atomic E-state index is 10.9. The molecule has 0 radical (unpaired) electrons. The largest absolute Gasteiger partial charge is 0.465 e. The number of amides is 1. The highest BCUT2D eigenvalue weighted by Gasteiger charge is 2.30. The first-order chi connectivity index (χ1) is 8.99. The maximum atomic E-state index is 10.9. The molecule has 3 rings (SSSR count). The van der Waals surface area contributed by atoms with Gasteiger partial charge in [-0.05, 0) is 44.7 Å². The Morgan fingerprint density at radius 3 is 3.00 bits per heavy atom. The molecule has 2 heterocycles. The fourth-order valence-corrected chi connectivity index (χ4v) is 2.88. The molecule has 19 heavy (non-hydrogen) atoms. The second kappa shape index (κ2) is 3.98. The first-order valence-electron chi connectivity index (χ1n) is 6.49. The molecule has 5 heteroatoms. The van der Waals surface area contributed by atoms with Crippen molar-refractivity contribution in [3.8, 4) is 0 Å². The highest BCUT2D eigenvalue weighted by molar-refractivity contribution is 5.67. The van der Waals surface area contributed by atoms with Gasteiger partial charge in [-0.1, -0.05) is 6.07 Å². The zero-order valence-corrected chi connectivity index (χ0v) is 11.1. The molecule has 0 aromatic carbocycles. The number of carboxylic acid groups (broad SMARTS) is 1. The molecule has 0 aliphatic heterocycles. The Morgan fingerprint density at radius 1 is 1.47 bits per heavy atom. The van der Waals surface area contributed by atoms with E-state index in [1.807, 2.05) is 30.5 Å². The second-order valence-electron chi connectivity index (χ2n) is 5.54. The number of hydrogen-bond donors (Lipinski definition) is 2. The van der Waals surface area contributed by atoms with Crippen molar-refractivity contribution >= 4 is 11.6 Å². The number of imidazole rings is 1. The molecule has 0 bridgehead atoms. The smallest absolute Gasteiger partial charge is 0.405 e.